The van der Waals surface area contributed by atoms with Crippen LogP contribution in [0.2, 0.25) is 0 Å². The molecule has 2 aliphatic rings. The number of H-pyrrole nitrogens is 2. The number of aliphatic hydroxyl groups is 1. The highest BCUT2D eigenvalue weighted by atomic mass is 16.7. The lowest BCUT2D eigenvalue weighted by molar-refractivity contribution is -0.186. The van der Waals surface area contributed by atoms with Crippen molar-refractivity contribution >= 4 is 0 Å². The lowest BCUT2D eigenvalue weighted by Gasteiger charge is -2.37. The fourth-order valence-corrected chi connectivity index (χ4v) is 7.39. The maximum absolute atomic E-state index is 13.0. The number of nitrogens with one attached hydrogen (secondary N) is 2. The predicted octanol–water partition coefficient (Wildman–Crippen LogP) is 3.02. The van der Waals surface area contributed by atoms with Crippen LogP contribution in [-0.2, 0) is 29.3 Å². The number of aliphatic hydroxyl groups excluding tert-OH is 1. The van der Waals surface area contributed by atoms with Crippen molar-refractivity contribution < 1.29 is 38.3 Å². The first-order valence-corrected chi connectivity index (χ1v) is 18.9. The highest BCUT2D eigenvalue weighted by Gasteiger charge is 2.43. The van der Waals surface area contributed by atoms with Gasteiger partial charge in [0.2, 0.25) is 0 Å². The van der Waals surface area contributed by atoms with E-state index < -0.39 is 65.2 Å². The van der Waals surface area contributed by atoms with Crippen LogP contribution in [0.5, 0.6) is 11.5 Å². The molecule has 0 aliphatic carbocycles. The molecule has 5 aromatic rings. The Morgan fingerprint density at radius 1 is 0.690 bits per heavy atom. The Morgan fingerprint density at radius 2 is 1.19 bits per heavy atom. The number of hydrogen-bond donors (Lipinski definition) is 3. The van der Waals surface area contributed by atoms with Gasteiger partial charge in [0.05, 0.1) is 40.1 Å². The number of rotatable bonds is 15. The van der Waals surface area contributed by atoms with Crippen LogP contribution >= 0.6 is 0 Å². The lowest BCUT2D eigenvalue weighted by Crippen LogP contribution is -2.39. The third kappa shape index (κ3) is 8.34. The van der Waals surface area contributed by atoms with Gasteiger partial charge in [-0.1, -0.05) is 54.6 Å². The number of aryl methyl sites for hydroxylation is 2. The molecule has 0 bridgehead atoms. The molecule has 2 aliphatic heterocycles. The van der Waals surface area contributed by atoms with Crippen LogP contribution in [0.1, 0.15) is 53.1 Å². The van der Waals surface area contributed by atoms with E-state index in [4.69, 9.17) is 33.2 Å². The second-order valence-electron chi connectivity index (χ2n) is 14.2. The van der Waals surface area contributed by atoms with Crippen molar-refractivity contribution in [2.24, 2.45) is 0 Å². The van der Waals surface area contributed by atoms with E-state index in [9.17, 15) is 24.3 Å². The molecular formula is C42H46N4O12. The van der Waals surface area contributed by atoms with Gasteiger partial charge in [0.1, 0.15) is 41.8 Å². The van der Waals surface area contributed by atoms with Crippen molar-refractivity contribution in [1.82, 2.24) is 19.1 Å². The molecule has 1 unspecified atom stereocenters. The largest absolute Gasteiger partial charge is 0.497 e. The highest BCUT2D eigenvalue weighted by Crippen LogP contribution is 2.43. The molecule has 16 heteroatoms. The fraction of sp³-hybridized carbons (Fsp3) is 0.381. The molecule has 0 radical (unpaired) electrons. The zero-order valence-corrected chi connectivity index (χ0v) is 32.5. The first kappa shape index (κ1) is 40.6. The molecule has 3 N–H and O–H groups in total. The molecule has 6 atom stereocenters. The number of hydrogen-bond acceptors (Lipinski definition) is 12. The molecule has 4 heterocycles. The summed E-state index contributed by atoms with van der Waals surface area (Å²) < 4.78 is 45.3. The molecule has 58 heavy (non-hydrogen) atoms. The van der Waals surface area contributed by atoms with Gasteiger partial charge in [-0.25, -0.2) is 9.59 Å². The van der Waals surface area contributed by atoms with Crippen molar-refractivity contribution in [1.29, 1.82) is 0 Å². The average Bonchev–Trinajstić information content (AvgIpc) is 3.82. The highest BCUT2D eigenvalue weighted by molar-refractivity contribution is 5.49. The summed E-state index contributed by atoms with van der Waals surface area (Å²) in [6, 6.07) is 25.0. The Kier molecular flexibility index (Phi) is 12.2. The maximum atomic E-state index is 13.0. The molecule has 2 fully saturated rings. The number of methoxy groups -OCH3 is 2. The SMILES string of the molecule is COc1ccc(C(OC[C@H]2O[C@@H](n3cc(C)c(=O)[nH]c3=O)C[C@@H]2OCCO[C@H]2O[C@@H](n3cc(C)c(=O)[nH]c3=O)CC2O)(c2ccccc2)c2ccc(OC)cc2)cc1. The monoisotopic (exact) mass is 798 g/mol. The quantitative estimate of drug-likeness (QED) is 0.104. The summed E-state index contributed by atoms with van der Waals surface area (Å²) in [5.41, 5.74) is -0.330. The van der Waals surface area contributed by atoms with Crippen LogP contribution < -0.4 is 32.0 Å². The van der Waals surface area contributed by atoms with Crippen molar-refractivity contribution in [3.8, 4) is 11.5 Å². The summed E-state index contributed by atoms with van der Waals surface area (Å²) in [5, 5.41) is 10.7. The molecule has 0 saturated carbocycles. The first-order valence-electron chi connectivity index (χ1n) is 18.9. The van der Waals surface area contributed by atoms with Crippen molar-refractivity contribution in [3.63, 3.8) is 0 Å². The number of aromatic nitrogens is 4. The third-order valence-corrected chi connectivity index (χ3v) is 10.5. The second kappa shape index (κ2) is 17.5. The van der Waals surface area contributed by atoms with E-state index in [0.717, 1.165) is 16.7 Å². The third-order valence-electron chi connectivity index (χ3n) is 10.5. The van der Waals surface area contributed by atoms with Gasteiger partial charge in [0.25, 0.3) is 11.1 Å². The Hall–Kier alpha value is -5.62. The Morgan fingerprint density at radius 3 is 1.72 bits per heavy atom. The normalized spacial score (nSPS) is 21.9. The first-order chi connectivity index (χ1) is 28.0. The minimum Gasteiger partial charge on any atom is -0.497 e. The molecular weight excluding hydrogens is 752 g/mol. The number of ether oxygens (including phenoxy) is 7. The van der Waals surface area contributed by atoms with Crippen LogP contribution in [0.25, 0.3) is 0 Å². The van der Waals surface area contributed by atoms with Gasteiger partial charge < -0.3 is 38.3 Å². The van der Waals surface area contributed by atoms with Crippen molar-refractivity contribution in [2.75, 3.05) is 34.0 Å². The Labute approximate surface area is 332 Å². The zero-order chi connectivity index (χ0) is 41.0. The molecule has 0 amide bonds. The number of benzene rings is 3. The predicted molar refractivity (Wildman–Crippen MR) is 209 cm³/mol. The van der Waals surface area contributed by atoms with Gasteiger partial charge in [-0.15, -0.1) is 0 Å². The van der Waals surface area contributed by atoms with Gasteiger partial charge in [-0.05, 0) is 54.8 Å². The van der Waals surface area contributed by atoms with Crippen LogP contribution in [0.15, 0.2) is 110 Å². The summed E-state index contributed by atoms with van der Waals surface area (Å²) in [5.74, 6) is 1.34. The van der Waals surface area contributed by atoms with E-state index in [2.05, 4.69) is 9.97 Å². The van der Waals surface area contributed by atoms with E-state index >= 15 is 0 Å². The Balaban J connectivity index is 1.14. The molecule has 2 aromatic heterocycles. The van der Waals surface area contributed by atoms with E-state index in [1.54, 1.807) is 28.1 Å². The molecule has 0 spiro atoms. The van der Waals surface area contributed by atoms with E-state index in [1.165, 1.54) is 21.5 Å². The average molecular weight is 799 g/mol. The number of nitrogens with zero attached hydrogens (tertiary/aromatic N) is 2. The zero-order valence-electron chi connectivity index (χ0n) is 32.5. The summed E-state index contributed by atoms with van der Waals surface area (Å²) in [6.45, 7) is 3.19. The van der Waals surface area contributed by atoms with Gasteiger partial charge in [0.15, 0.2) is 6.29 Å². The molecule has 7 rings (SSSR count). The van der Waals surface area contributed by atoms with Gasteiger partial charge in [-0.2, -0.15) is 0 Å². The van der Waals surface area contributed by atoms with E-state index in [-0.39, 0.29) is 32.7 Å². The summed E-state index contributed by atoms with van der Waals surface area (Å²) in [7, 11) is 3.20. The molecule has 306 valence electrons. The standard InChI is InChI=1S/C42H46N4O12/c1-25-22-45(40(50)43-37(25)48)35-20-32(47)39(58-35)55-19-18-54-33-21-36(46-23-26(2)38(49)44-41(46)51)57-34(33)24-56-42(27-8-6-5-7-9-27,28-10-14-30(52-3)15-11-28)29-12-16-31(53-4)17-13-29/h5-17,22-23,32-36,39,47H,18-21,24H2,1-4H3,(H,43,48,50)(H,44,49,51)/t32?,33-,34+,35+,36+,39-/m0/s1. The smallest absolute Gasteiger partial charge is 0.330 e. The van der Waals surface area contributed by atoms with Crippen LogP contribution in [-0.4, -0.2) is 82.9 Å². The topological polar surface area (TPSA) is 195 Å². The Bertz CT molecular complexity index is 2360. The van der Waals surface area contributed by atoms with Crippen molar-refractivity contribution in [2.45, 2.75) is 69.3 Å². The van der Waals surface area contributed by atoms with Gasteiger partial charge >= 0.3 is 11.4 Å². The molecule has 2 saturated heterocycles. The minimum absolute atomic E-state index is 0.00783. The van der Waals surface area contributed by atoms with Crippen LogP contribution in [0.4, 0.5) is 0 Å². The van der Waals surface area contributed by atoms with Crippen molar-refractivity contribution in [3.05, 3.63) is 161 Å². The molecule has 3 aromatic carbocycles. The molecule has 16 nitrogen and oxygen atoms in total. The summed E-state index contributed by atoms with van der Waals surface area (Å²) >= 11 is 0. The lowest BCUT2D eigenvalue weighted by atomic mass is 9.80. The van der Waals surface area contributed by atoms with Crippen LogP contribution in [0.3, 0.4) is 0 Å². The summed E-state index contributed by atoms with van der Waals surface area (Å²) in [4.78, 5) is 54.2. The maximum Gasteiger partial charge on any atom is 0.330 e. The summed E-state index contributed by atoms with van der Waals surface area (Å²) in [6.07, 6.45) is -2.00. The van der Waals surface area contributed by atoms with E-state index in [1.807, 2.05) is 78.9 Å². The van der Waals surface area contributed by atoms with E-state index in [0.29, 0.717) is 22.6 Å². The fourth-order valence-electron chi connectivity index (χ4n) is 7.39. The second-order valence-corrected chi connectivity index (χ2v) is 14.2. The van der Waals surface area contributed by atoms with Gasteiger partial charge in [-0.3, -0.25) is 28.7 Å². The minimum atomic E-state index is -1.17. The number of aromatic amines is 2. The van der Waals surface area contributed by atoms with Crippen LogP contribution in [0, 0.1) is 13.8 Å². The van der Waals surface area contributed by atoms with Gasteiger partial charge in [0, 0.05) is 36.4 Å².